The van der Waals surface area contributed by atoms with Crippen molar-refractivity contribution >= 4 is 17.6 Å². The van der Waals surface area contributed by atoms with Crippen molar-refractivity contribution in [3.05, 3.63) is 66.4 Å². The van der Waals surface area contributed by atoms with Crippen molar-refractivity contribution in [2.75, 3.05) is 12.4 Å². The van der Waals surface area contributed by atoms with E-state index in [-0.39, 0.29) is 5.56 Å². The number of benzene rings is 2. The summed E-state index contributed by atoms with van der Waals surface area (Å²) in [6.07, 6.45) is 1.64. The van der Waals surface area contributed by atoms with Crippen molar-refractivity contribution in [3.8, 4) is 17.0 Å². The minimum Gasteiger partial charge on any atom is -0.495 e. The summed E-state index contributed by atoms with van der Waals surface area (Å²) in [5.41, 5.74) is 2.50. The Balaban J connectivity index is 1.87. The Labute approximate surface area is 138 Å². The number of hydrogen-bond acceptors (Lipinski definition) is 5. The maximum Gasteiger partial charge on any atom is 0.335 e. The molecular formula is C18H15N3O3. The van der Waals surface area contributed by atoms with Crippen molar-refractivity contribution < 1.29 is 14.6 Å². The van der Waals surface area contributed by atoms with Gasteiger partial charge in [0.2, 0.25) is 5.95 Å². The third-order valence-electron chi connectivity index (χ3n) is 3.44. The first-order valence-corrected chi connectivity index (χ1v) is 7.24. The van der Waals surface area contributed by atoms with E-state index < -0.39 is 5.97 Å². The summed E-state index contributed by atoms with van der Waals surface area (Å²) >= 11 is 0. The highest BCUT2D eigenvalue weighted by molar-refractivity contribution is 5.88. The predicted octanol–water partition coefficient (Wildman–Crippen LogP) is 3.59. The molecule has 120 valence electrons. The number of carboxylic acids is 1. The number of ether oxygens (including phenoxy) is 1. The van der Waals surface area contributed by atoms with Gasteiger partial charge in [-0.15, -0.1) is 0 Å². The highest BCUT2D eigenvalue weighted by Crippen LogP contribution is 2.26. The standard InChI is InChI=1S/C18H15N3O3/c1-24-16-5-3-2-4-15(16)21-18-19-11-10-14(20-18)12-6-8-13(9-7-12)17(22)23/h2-11H,1H3,(H,22,23)(H,19,20,21). The van der Waals surface area contributed by atoms with Gasteiger partial charge in [0.05, 0.1) is 24.1 Å². The summed E-state index contributed by atoms with van der Waals surface area (Å²) in [6.45, 7) is 0. The highest BCUT2D eigenvalue weighted by atomic mass is 16.5. The maximum absolute atomic E-state index is 10.9. The number of methoxy groups -OCH3 is 1. The maximum atomic E-state index is 10.9. The van der Waals surface area contributed by atoms with Crippen LogP contribution in [0.25, 0.3) is 11.3 Å². The molecule has 1 heterocycles. The first kappa shape index (κ1) is 15.5. The third-order valence-corrected chi connectivity index (χ3v) is 3.44. The number of rotatable bonds is 5. The fourth-order valence-electron chi connectivity index (χ4n) is 2.23. The van der Waals surface area contributed by atoms with Crippen LogP contribution in [0.1, 0.15) is 10.4 Å². The number of carboxylic acid groups (broad SMARTS) is 1. The van der Waals surface area contributed by atoms with E-state index in [0.29, 0.717) is 17.4 Å². The van der Waals surface area contributed by atoms with Gasteiger partial charge in [0.25, 0.3) is 0 Å². The molecule has 0 radical (unpaired) electrons. The van der Waals surface area contributed by atoms with Crippen LogP contribution in [-0.2, 0) is 0 Å². The second-order valence-electron chi connectivity index (χ2n) is 4.97. The van der Waals surface area contributed by atoms with Crippen LogP contribution in [0.15, 0.2) is 60.8 Å². The molecule has 0 unspecified atom stereocenters. The number of anilines is 2. The molecule has 0 spiro atoms. The van der Waals surface area contributed by atoms with Crippen molar-refractivity contribution in [3.63, 3.8) is 0 Å². The van der Waals surface area contributed by atoms with Crippen LogP contribution in [-0.4, -0.2) is 28.2 Å². The lowest BCUT2D eigenvalue weighted by Gasteiger charge is -2.10. The smallest absolute Gasteiger partial charge is 0.335 e. The van der Waals surface area contributed by atoms with Gasteiger partial charge in [0, 0.05) is 11.8 Å². The zero-order valence-electron chi connectivity index (χ0n) is 12.9. The molecule has 0 saturated carbocycles. The summed E-state index contributed by atoms with van der Waals surface area (Å²) in [4.78, 5) is 19.6. The number of nitrogens with one attached hydrogen (secondary N) is 1. The highest BCUT2D eigenvalue weighted by Gasteiger charge is 2.07. The Morgan fingerprint density at radius 2 is 1.83 bits per heavy atom. The SMILES string of the molecule is COc1ccccc1Nc1nccc(-c2ccc(C(=O)O)cc2)n1. The number of hydrogen-bond donors (Lipinski definition) is 2. The second-order valence-corrected chi connectivity index (χ2v) is 4.97. The van der Waals surface area contributed by atoms with E-state index >= 15 is 0 Å². The van der Waals surface area contributed by atoms with Crippen LogP contribution < -0.4 is 10.1 Å². The summed E-state index contributed by atoms with van der Waals surface area (Å²) in [5, 5.41) is 12.1. The molecule has 0 fully saturated rings. The zero-order valence-corrected chi connectivity index (χ0v) is 12.9. The molecule has 24 heavy (non-hydrogen) atoms. The normalized spacial score (nSPS) is 10.2. The Morgan fingerprint density at radius 1 is 1.08 bits per heavy atom. The fraction of sp³-hybridized carbons (Fsp3) is 0.0556. The van der Waals surface area contributed by atoms with Crippen LogP contribution in [0.4, 0.5) is 11.6 Å². The second kappa shape index (κ2) is 6.78. The molecule has 0 saturated heterocycles. The lowest BCUT2D eigenvalue weighted by Crippen LogP contribution is -2.00. The number of nitrogens with zero attached hydrogens (tertiary/aromatic N) is 2. The fourth-order valence-corrected chi connectivity index (χ4v) is 2.23. The Hall–Kier alpha value is -3.41. The molecule has 0 amide bonds. The lowest BCUT2D eigenvalue weighted by molar-refractivity contribution is 0.0697. The molecule has 0 aliphatic heterocycles. The van der Waals surface area contributed by atoms with Crippen LogP contribution >= 0.6 is 0 Å². The monoisotopic (exact) mass is 321 g/mol. The van der Waals surface area contributed by atoms with Gasteiger partial charge in [0.1, 0.15) is 5.75 Å². The molecule has 3 rings (SSSR count). The molecule has 6 nitrogen and oxygen atoms in total. The molecule has 0 bridgehead atoms. The van der Waals surface area contributed by atoms with E-state index in [9.17, 15) is 4.79 Å². The van der Waals surface area contributed by atoms with E-state index in [1.54, 1.807) is 43.6 Å². The van der Waals surface area contributed by atoms with Gasteiger partial charge in [-0.2, -0.15) is 0 Å². The molecule has 2 N–H and O–H groups in total. The van der Waals surface area contributed by atoms with E-state index in [1.165, 1.54) is 0 Å². The molecule has 0 aliphatic rings. The Kier molecular flexibility index (Phi) is 4.38. The van der Waals surface area contributed by atoms with Gasteiger partial charge in [-0.1, -0.05) is 24.3 Å². The van der Waals surface area contributed by atoms with Crippen LogP contribution in [0.3, 0.4) is 0 Å². The van der Waals surface area contributed by atoms with Crippen LogP contribution in [0.5, 0.6) is 5.75 Å². The van der Waals surface area contributed by atoms with Gasteiger partial charge < -0.3 is 15.2 Å². The van der Waals surface area contributed by atoms with Crippen molar-refractivity contribution in [1.29, 1.82) is 0 Å². The van der Waals surface area contributed by atoms with Crippen molar-refractivity contribution in [2.24, 2.45) is 0 Å². The van der Waals surface area contributed by atoms with E-state index in [1.807, 2.05) is 24.3 Å². The van der Waals surface area contributed by atoms with Gasteiger partial charge >= 0.3 is 5.97 Å². The molecule has 6 heteroatoms. The van der Waals surface area contributed by atoms with E-state index in [2.05, 4.69) is 15.3 Å². The Morgan fingerprint density at radius 3 is 2.54 bits per heavy atom. The quantitative estimate of drug-likeness (QED) is 0.747. The van der Waals surface area contributed by atoms with E-state index in [0.717, 1.165) is 11.3 Å². The lowest BCUT2D eigenvalue weighted by atomic mass is 10.1. The zero-order chi connectivity index (χ0) is 16.9. The number of carbonyl (C=O) groups is 1. The average molecular weight is 321 g/mol. The summed E-state index contributed by atoms with van der Waals surface area (Å²) in [7, 11) is 1.60. The molecule has 2 aromatic carbocycles. The third kappa shape index (κ3) is 3.33. The molecular weight excluding hydrogens is 306 g/mol. The first-order valence-electron chi connectivity index (χ1n) is 7.24. The predicted molar refractivity (Wildman–Crippen MR) is 90.7 cm³/mol. The van der Waals surface area contributed by atoms with Crippen molar-refractivity contribution in [2.45, 2.75) is 0 Å². The number of para-hydroxylation sites is 2. The van der Waals surface area contributed by atoms with Gasteiger partial charge in [-0.3, -0.25) is 0 Å². The first-order chi connectivity index (χ1) is 11.7. The largest absolute Gasteiger partial charge is 0.495 e. The molecule has 1 aromatic heterocycles. The minimum absolute atomic E-state index is 0.236. The summed E-state index contributed by atoms with van der Waals surface area (Å²) in [6, 6.07) is 15.8. The van der Waals surface area contributed by atoms with Crippen LogP contribution in [0, 0.1) is 0 Å². The van der Waals surface area contributed by atoms with Gasteiger partial charge in [0.15, 0.2) is 0 Å². The topological polar surface area (TPSA) is 84.3 Å². The average Bonchev–Trinajstić information content (AvgIpc) is 2.62. The minimum atomic E-state index is -0.956. The summed E-state index contributed by atoms with van der Waals surface area (Å²) in [5.74, 6) is 0.166. The van der Waals surface area contributed by atoms with E-state index in [4.69, 9.17) is 9.84 Å². The number of aromatic nitrogens is 2. The molecule has 3 aromatic rings. The molecule has 0 atom stereocenters. The molecule has 0 aliphatic carbocycles. The van der Waals surface area contributed by atoms with Crippen molar-refractivity contribution in [1.82, 2.24) is 9.97 Å². The Bertz CT molecular complexity index is 863. The summed E-state index contributed by atoms with van der Waals surface area (Å²) < 4.78 is 5.29. The van der Waals surface area contributed by atoms with Gasteiger partial charge in [-0.25, -0.2) is 14.8 Å². The number of aromatic carboxylic acids is 1. The van der Waals surface area contributed by atoms with Gasteiger partial charge in [-0.05, 0) is 30.3 Å². The van der Waals surface area contributed by atoms with Crippen LogP contribution in [0.2, 0.25) is 0 Å².